The summed E-state index contributed by atoms with van der Waals surface area (Å²) in [4.78, 5) is 6.87. The van der Waals surface area contributed by atoms with E-state index in [0.29, 0.717) is 11.8 Å². The molecule has 1 atom stereocenters. The van der Waals surface area contributed by atoms with Crippen molar-refractivity contribution in [3.05, 3.63) is 0 Å². The third kappa shape index (κ3) is 1.99. The van der Waals surface area contributed by atoms with Crippen LogP contribution in [0.25, 0.3) is 0 Å². The van der Waals surface area contributed by atoms with Crippen LogP contribution in [0.4, 0.5) is 0 Å². The van der Waals surface area contributed by atoms with Gasteiger partial charge in [-0.2, -0.15) is 0 Å². The average molecular weight is 168 g/mol. The summed E-state index contributed by atoms with van der Waals surface area (Å²) in [6.07, 6.45) is 1.21. The Balaban J connectivity index is 2.65. The molecule has 0 radical (unpaired) electrons. The Hall–Kier alpha value is -0.530. The van der Waals surface area contributed by atoms with E-state index in [2.05, 4.69) is 37.7 Å². The summed E-state index contributed by atoms with van der Waals surface area (Å²) >= 11 is 0. The van der Waals surface area contributed by atoms with E-state index in [1.807, 2.05) is 0 Å². The van der Waals surface area contributed by atoms with Gasteiger partial charge in [0.15, 0.2) is 0 Å². The van der Waals surface area contributed by atoms with Crippen molar-refractivity contribution in [2.45, 2.75) is 27.2 Å². The molecule has 1 heterocycles. The van der Waals surface area contributed by atoms with Crippen molar-refractivity contribution >= 4 is 5.84 Å². The summed E-state index contributed by atoms with van der Waals surface area (Å²) in [6, 6.07) is 0. The van der Waals surface area contributed by atoms with E-state index in [4.69, 9.17) is 0 Å². The molecule has 0 aromatic carbocycles. The first kappa shape index (κ1) is 9.56. The summed E-state index contributed by atoms with van der Waals surface area (Å²) in [5.74, 6) is 2.61. The molecular formula is C10H20N2. The highest BCUT2D eigenvalue weighted by Gasteiger charge is 2.19. The molecule has 0 aromatic rings. The second kappa shape index (κ2) is 3.92. The Morgan fingerprint density at radius 3 is 2.50 bits per heavy atom. The van der Waals surface area contributed by atoms with Gasteiger partial charge in [-0.25, -0.2) is 0 Å². The molecule has 0 N–H and O–H groups in total. The van der Waals surface area contributed by atoms with Crippen LogP contribution in [-0.2, 0) is 0 Å². The highest BCUT2D eigenvalue weighted by molar-refractivity contribution is 5.84. The van der Waals surface area contributed by atoms with Crippen LogP contribution in [0.1, 0.15) is 27.2 Å². The Bertz CT molecular complexity index is 173. The van der Waals surface area contributed by atoms with Crippen LogP contribution in [0, 0.1) is 11.8 Å². The second-order valence-corrected chi connectivity index (χ2v) is 4.05. The van der Waals surface area contributed by atoms with Crippen LogP contribution in [0.2, 0.25) is 0 Å². The van der Waals surface area contributed by atoms with Crippen molar-refractivity contribution in [3.8, 4) is 0 Å². The molecule has 0 saturated carbocycles. The quantitative estimate of drug-likeness (QED) is 0.616. The molecule has 1 aliphatic heterocycles. The molecule has 0 aliphatic carbocycles. The van der Waals surface area contributed by atoms with Crippen LogP contribution in [-0.4, -0.2) is 30.9 Å². The van der Waals surface area contributed by atoms with Gasteiger partial charge in [-0.05, 0) is 12.3 Å². The number of aliphatic imine (C=N–C) groups is 1. The zero-order chi connectivity index (χ0) is 9.14. The van der Waals surface area contributed by atoms with Crippen LogP contribution < -0.4 is 0 Å². The fourth-order valence-electron chi connectivity index (χ4n) is 1.53. The molecule has 1 unspecified atom stereocenters. The van der Waals surface area contributed by atoms with Crippen LogP contribution >= 0.6 is 0 Å². The van der Waals surface area contributed by atoms with E-state index < -0.39 is 0 Å². The Morgan fingerprint density at radius 1 is 1.33 bits per heavy atom. The molecule has 2 heteroatoms. The Labute approximate surface area is 75.7 Å². The first-order valence-corrected chi connectivity index (χ1v) is 4.88. The Morgan fingerprint density at radius 2 is 2.00 bits per heavy atom. The first-order valence-electron chi connectivity index (χ1n) is 4.88. The SMILES string of the molecule is CC(C)C(C)C1=NCCCN1C. The maximum atomic E-state index is 4.57. The lowest BCUT2D eigenvalue weighted by atomic mass is 9.95. The zero-order valence-electron chi connectivity index (χ0n) is 8.67. The van der Waals surface area contributed by atoms with E-state index in [1.165, 1.54) is 18.8 Å². The van der Waals surface area contributed by atoms with Gasteiger partial charge in [-0.3, -0.25) is 4.99 Å². The number of hydrogen-bond donors (Lipinski definition) is 0. The third-order valence-corrected chi connectivity index (χ3v) is 2.72. The summed E-state index contributed by atoms with van der Waals surface area (Å²) in [5.41, 5.74) is 0. The van der Waals surface area contributed by atoms with E-state index in [-0.39, 0.29) is 0 Å². The van der Waals surface area contributed by atoms with Gasteiger partial charge in [-0.1, -0.05) is 20.8 Å². The van der Waals surface area contributed by atoms with Gasteiger partial charge < -0.3 is 4.90 Å². The molecule has 0 amide bonds. The summed E-state index contributed by atoms with van der Waals surface area (Å²) in [7, 11) is 2.15. The minimum Gasteiger partial charge on any atom is -0.363 e. The predicted octanol–water partition coefficient (Wildman–Crippen LogP) is 2.01. The summed E-state index contributed by atoms with van der Waals surface area (Å²) < 4.78 is 0. The van der Waals surface area contributed by atoms with Gasteiger partial charge in [0.1, 0.15) is 5.84 Å². The zero-order valence-corrected chi connectivity index (χ0v) is 8.67. The smallest absolute Gasteiger partial charge is 0.102 e. The fraction of sp³-hybridized carbons (Fsp3) is 0.900. The van der Waals surface area contributed by atoms with Crippen LogP contribution in [0.15, 0.2) is 4.99 Å². The average Bonchev–Trinajstić information content (AvgIpc) is 2.04. The number of rotatable bonds is 2. The number of amidine groups is 1. The number of nitrogens with zero attached hydrogens (tertiary/aromatic N) is 2. The lowest BCUT2D eigenvalue weighted by Crippen LogP contribution is -2.38. The normalized spacial score (nSPS) is 21.1. The predicted molar refractivity (Wildman–Crippen MR) is 53.6 cm³/mol. The first-order chi connectivity index (χ1) is 5.63. The Kier molecular flexibility index (Phi) is 3.12. The molecule has 1 rings (SSSR count). The maximum absolute atomic E-state index is 4.57. The largest absolute Gasteiger partial charge is 0.363 e. The van der Waals surface area contributed by atoms with Gasteiger partial charge in [0.25, 0.3) is 0 Å². The van der Waals surface area contributed by atoms with Gasteiger partial charge in [0, 0.05) is 26.1 Å². The molecule has 1 aliphatic rings. The van der Waals surface area contributed by atoms with E-state index in [9.17, 15) is 0 Å². The van der Waals surface area contributed by atoms with E-state index in [1.54, 1.807) is 0 Å². The lowest BCUT2D eigenvalue weighted by Gasteiger charge is -2.30. The molecule has 0 bridgehead atoms. The monoisotopic (exact) mass is 168 g/mol. The third-order valence-electron chi connectivity index (χ3n) is 2.72. The standard InChI is InChI=1S/C10H20N2/c1-8(2)9(3)10-11-6-5-7-12(10)4/h8-9H,5-7H2,1-4H3. The molecule has 12 heavy (non-hydrogen) atoms. The van der Waals surface area contributed by atoms with E-state index >= 15 is 0 Å². The van der Waals surface area contributed by atoms with Crippen molar-refractivity contribution in [3.63, 3.8) is 0 Å². The van der Waals surface area contributed by atoms with Gasteiger partial charge in [-0.15, -0.1) is 0 Å². The number of hydrogen-bond acceptors (Lipinski definition) is 2. The van der Waals surface area contributed by atoms with Crippen LogP contribution in [0.5, 0.6) is 0 Å². The topological polar surface area (TPSA) is 15.6 Å². The van der Waals surface area contributed by atoms with Crippen molar-refractivity contribution in [2.75, 3.05) is 20.1 Å². The molecule has 2 nitrogen and oxygen atoms in total. The highest BCUT2D eigenvalue weighted by Crippen LogP contribution is 2.16. The van der Waals surface area contributed by atoms with E-state index in [0.717, 1.165) is 6.54 Å². The lowest BCUT2D eigenvalue weighted by molar-refractivity contribution is 0.403. The fourth-order valence-corrected chi connectivity index (χ4v) is 1.53. The molecule has 0 saturated heterocycles. The molecule has 0 fully saturated rings. The second-order valence-electron chi connectivity index (χ2n) is 4.05. The molecular weight excluding hydrogens is 148 g/mol. The van der Waals surface area contributed by atoms with Crippen LogP contribution in [0.3, 0.4) is 0 Å². The molecule has 0 aromatic heterocycles. The maximum Gasteiger partial charge on any atom is 0.102 e. The highest BCUT2D eigenvalue weighted by atomic mass is 15.2. The van der Waals surface area contributed by atoms with Crippen molar-refractivity contribution in [1.82, 2.24) is 4.90 Å². The molecule has 0 spiro atoms. The minimum absolute atomic E-state index is 0.607. The minimum atomic E-state index is 0.607. The van der Waals surface area contributed by atoms with Gasteiger partial charge >= 0.3 is 0 Å². The van der Waals surface area contributed by atoms with Gasteiger partial charge in [0.05, 0.1) is 0 Å². The van der Waals surface area contributed by atoms with Gasteiger partial charge in [0.2, 0.25) is 0 Å². The summed E-state index contributed by atoms with van der Waals surface area (Å²) in [6.45, 7) is 8.99. The van der Waals surface area contributed by atoms with Crippen molar-refractivity contribution in [1.29, 1.82) is 0 Å². The summed E-state index contributed by atoms with van der Waals surface area (Å²) in [5, 5.41) is 0. The molecule has 70 valence electrons. The van der Waals surface area contributed by atoms with Crippen molar-refractivity contribution in [2.24, 2.45) is 16.8 Å². The van der Waals surface area contributed by atoms with Crippen molar-refractivity contribution < 1.29 is 0 Å².